The molecule has 2 rings (SSSR count). The molecule has 1 atom stereocenters. The van der Waals surface area contributed by atoms with Gasteiger partial charge in [0.2, 0.25) is 5.75 Å². The minimum atomic E-state index is -5.81. The molecule has 0 spiro atoms. The molecule has 0 radical (unpaired) electrons. The maximum atomic E-state index is 13.9. The van der Waals surface area contributed by atoms with Crippen molar-refractivity contribution in [2.75, 3.05) is 7.11 Å². The monoisotopic (exact) mass is 491 g/mol. The highest BCUT2D eigenvalue weighted by atomic mass is 35.5. The Hall–Kier alpha value is -3.13. The van der Waals surface area contributed by atoms with Gasteiger partial charge in [-0.05, 0) is 24.3 Å². The van der Waals surface area contributed by atoms with Crippen molar-refractivity contribution in [2.24, 2.45) is 0 Å². The average molecular weight is 492 g/mol. The van der Waals surface area contributed by atoms with Crippen molar-refractivity contribution in [3.8, 4) is 17.2 Å². The number of ether oxygens (including phenoxy) is 3. The fraction of sp³-hybridized carbons (Fsp3) is 0.235. The van der Waals surface area contributed by atoms with Crippen LogP contribution in [0.3, 0.4) is 0 Å². The maximum Gasteiger partial charge on any atom is 0.460 e. The highest BCUT2D eigenvalue weighted by Crippen LogP contribution is 2.41. The van der Waals surface area contributed by atoms with Crippen LogP contribution in [0.5, 0.6) is 17.2 Å². The molecule has 0 aliphatic rings. The summed E-state index contributed by atoms with van der Waals surface area (Å²) in [6.45, 7) is 0. The number of carbonyl (C=O) groups excluding carboxylic acids is 1. The fourth-order valence-electron chi connectivity index (χ4n) is 2.16. The summed E-state index contributed by atoms with van der Waals surface area (Å²) < 4.78 is 103. The topological polar surface area (TPSA) is 87.9 Å². The van der Waals surface area contributed by atoms with Gasteiger partial charge in [-0.2, -0.15) is 30.7 Å². The van der Waals surface area contributed by atoms with Crippen molar-refractivity contribution < 1.29 is 54.7 Å². The van der Waals surface area contributed by atoms with Gasteiger partial charge in [-0.1, -0.05) is 11.6 Å². The smallest absolute Gasteiger partial charge is 0.448 e. The molecule has 0 bridgehead atoms. The van der Waals surface area contributed by atoms with Gasteiger partial charge in [-0.15, -0.1) is 0 Å². The summed E-state index contributed by atoms with van der Waals surface area (Å²) in [5.74, 6) is -9.50. The second kappa shape index (κ2) is 8.78. The van der Waals surface area contributed by atoms with Gasteiger partial charge >= 0.3 is 29.9 Å². The summed E-state index contributed by atoms with van der Waals surface area (Å²) in [6, 6.07) is 3.58. The Bertz CT molecular complexity index is 1040. The summed E-state index contributed by atoms with van der Waals surface area (Å²) in [6.07, 6.45) is -10.6. The van der Waals surface area contributed by atoms with E-state index >= 15 is 0 Å². The molecular formula is C17H9ClF7NO6. The van der Waals surface area contributed by atoms with Gasteiger partial charge in [0.1, 0.15) is 11.5 Å². The third-order valence-electron chi connectivity index (χ3n) is 3.73. The average Bonchev–Trinajstić information content (AvgIpc) is 2.67. The van der Waals surface area contributed by atoms with Crippen LogP contribution in [0.1, 0.15) is 5.56 Å². The minimum Gasteiger partial charge on any atom is -0.448 e. The normalized spacial score (nSPS) is 13.9. The van der Waals surface area contributed by atoms with Gasteiger partial charge in [0.05, 0.1) is 15.5 Å². The SMILES string of the molecule is CO[C@](F)(C(=O)Oc1ccc([N+](=O)[O-])c(Oc2ccc(C(F)(F)F)cc2Cl)c1)C(F)(F)F. The van der Waals surface area contributed by atoms with E-state index in [-0.39, 0.29) is 7.11 Å². The summed E-state index contributed by atoms with van der Waals surface area (Å²) in [4.78, 5) is 21.8. The van der Waals surface area contributed by atoms with E-state index in [1.165, 1.54) is 0 Å². The Morgan fingerprint density at radius 2 is 1.62 bits per heavy atom. The number of rotatable bonds is 6. The number of nitro groups is 1. The molecule has 7 nitrogen and oxygen atoms in total. The molecule has 0 unspecified atom stereocenters. The first-order valence-electron chi connectivity index (χ1n) is 7.96. The summed E-state index contributed by atoms with van der Waals surface area (Å²) >= 11 is 5.70. The maximum absolute atomic E-state index is 13.9. The Morgan fingerprint density at radius 1 is 1.00 bits per heavy atom. The molecular weight excluding hydrogens is 483 g/mol. The predicted molar refractivity (Wildman–Crippen MR) is 92.2 cm³/mol. The Labute approximate surface area is 178 Å². The van der Waals surface area contributed by atoms with E-state index in [0.29, 0.717) is 30.3 Å². The standard InChI is InChI=1S/C17H9ClF7NO6/c1-30-15(19,17(23,24)25)14(27)31-9-3-4-11(26(28)29)13(7-9)32-12-5-2-8(6-10(12)18)16(20,21)22/h2-7H,1H3/t15-/m1/s1. The minimum absolute atomic E-state index is 0.256. The van der Waals surface area contributed by atoms with Crippen LogP contribution in [0, 0.1) is 10.1 Å². The van der Waals surface area contributed by atoms with Gasteiger partial charge in [0, 0.05) is 19.2 Å². The molecule has 2 aromatic rings. The third-order valence-corrected chi connectivity index (χ3v) is 4.02. The molecule has 0 N–H and O–H groups in total. The lowest BCUT2D eigenvalue weighted by molar-refractivity contribution is -0.385. The lowest BCUT2D eigenvalue weighted by Gasteiger charge is -2.23. The van der Waals surface area contributed by atoms with Crippen LogP contribution in [-0.2, 0) is 15.7 Å². The zero-order chi connectivity index (χ0) is 24.5. The van der Waals surface area contributed by atoms with Crippen LogP contribution in [-0.4, -0.2) is 30.0 Å². The highest BCUT2D eigenvalue weighted by Gasteiger charge is 2.64. The van der Waals surface area contributed by atoms with E-state index in [1.54, 1.807) is 0 Å². The number of halogens is 8. The van der Waals surface area contributed by atoms with Crippen LogP contribution in [0.15, 0.2) is 36.4 Å². The fourth-order valence-corrected chi connectivity index (χ4v) is 2.38. The molecule has 0 aliphatic carbocycles. The molecule has 0 aliphatic heterocycles. The molecule has 0 saturated heterocycles. The predicted octanol–water partition coefficient (Wildman–Crippen LogP) is 5.84. The van der Waals surface area contributed by atoms with Crippen molar-refractivity contribution in [2.45, 2.75) is 18.2 Å². The highest BCUT2D eigenvalue weighted by molar-refractivity contribution is 6.32. The van der Waals surface area contributed by atoms with Crippen LogP contribution in [0.2, 0.25) is 5.02 Å². The first-order chi connectivity index (χ1) is 14.6. The Balaban J connectivity index is 2.41. The number of nitro benzene ring substituents is 1. The number of carbonyl (C=O) groups is 1. The Kier molecular flexibility index (Phi) is 6.90. The van der Waals surface area contributed by atoms with Crippen LogP contribution in [0.4, 0.5) is 36.4 Å². The number of nitrogens with zero attached hydrogens (tertiary/aromatic N) is 1. The third kappa shape index (κ3) is 5.19. The lowest BCUT2D eigenvalue weighted by atomic mass is 10.2. The van der Waals surface area contributed by atoms with Crippen molar-refractivity contribution in [3.63, 3.8) is 0 Å². The van der Waals surface area contributed by atoms with Gasteiger partial charge in [-0.25, -0.2) is 4.79 Å². The molecule has 0 fully saturated rings. The van der Waals surface area contributed by atoms with Crippen LogP contribution in [0.25, 0.3) is 0 Å². The molecule has 15 heteroatoms. The van der Waals surface area contributed by atoms with Gasteiger partial charge < -0.3 is 14.2 Å². The summed E-state index contributed by atoms with van der Waals surface area (Å²) in [5, 5.41) is 10.5. The molecule has 32 heavy (non-hydrogen) atoms. The van der Waals surface area contributed by atoms with E-state index in [1.807, 2.05) is 0 Å². The number of hydrogen-bond acceptors (Lipinski definition) is 6. The first-order valence-corrected chi connectivity index (χ1v) is 8.34. The van der Waals surface area contributed by atoms with Crippen molar-refractivity contribution in [1.29, 1.82) is 0 Å². The zero-order valence-corrected chi connectivity index (χ0v) is 16.1. The Morgan fingerprint density at radius 3 is 2.09 bits per heavy atom. The van der Waals surface area contributed by atoms with Gasteiger partial charge in [0.15, 0.2) is 0 Å². The number of alkyl halides is 7. The van der Waals surface area contributed by atoms with E-state index in [0.717, 1.165) is 6.07 Å². The molecule has 0 aromatic heterocycles. The molecule has 0 saturated carbocycles. The van der Waals surface area contributed by atoms with Gasteiger partial charge in [-0.3, -0.25) is 10.1 Å². The number of methoxy groups -OCH3 is 1. The van der Waals surface area contributed by atoms with E-state index in [9.17, 15) is 45.6 Å². The molecule has 174 valence electrons. The molecule has 0 amide bonds. The molecule has 2 aromatic carbocycles. The van der Waals surface area contributed by atoms with Crippen LogP contribution < -0.4 is 9.47 Å². The van der Waals surface area contributed by atoms with Crippen molar-refractivity contribution in [3.05, 3.63) is 57.1 Å². The van der Waals surface area contributed by atoms with E-state index in [2.05, 4.69) is 9.47 Å². The van der Waals surface area contributed by atoms with Crippen LogP contribution >= 0.6 is 11.6 Å². The quantitative estimate of drug-likeness (QED) is 0.166. The van der Waals surface area contributed by atoms with Crippen molar-refractivity contribution in [1.82, 2.24) is 0 Å². The first kappa shape index (κ1) is 25.1. The number of benzene rings is 2. The second-order valence-electron chi connectivity index (χ2n) is 5.82. The van der Waals surface area contributed by atoms with Gasteiger partial charge in [0.25, 0.3) is 0 Å². The second-order valence-corrected chi connectivity index (χ2v) is 6.23. The van der Waals surface area contributed by atoms with E-state index in [4.69, 9.17) is 16.3 Å². The zero-order valence-electron chi connectivity index (χ0n) is 15.4. The summed E-state index contributed by atoms with van der Waals surface area (Å²) in [5.41, 5.74) is -1.98. The van der Waals surface area contributed by atoms with E-state index < -0.39 is 62.6 Å². The number of esters is 1. The number of hydrogen-bond donors (Lipinski definition) is 0. The summed E-state index contributed by atoms with van der Waals surface area (Å²) in [7, 11) is 0.256. The lowest BCUT2D eigenvalue weighted by Crippen LogP contribution is -2.51. The van der Waals surface area contributed by atoms with Crippen molar-refractivity contribution >= 4 is 23.3 Å². The molecule has 0 heterocycles. The largest absolute Gasteiger partial charge is 0.460 e.